The molecule has 2 aromatic carbocycles. The monoisotopic (exact) mass is 340 g/mol. The molecule has 0 saturated heterocycles. The minimum Gasteiger partial charge on any atom is -0.507 e. The number of aromatic hydroxyl groups is 1. The standard InChI is InChI=1S/C13H10BrClN2O2/c14-10-6-8(2-4-11(10)16)17-13(19)9-3-1-7(15)5-12(9)18/h1-6,18H,16H2,(H,17,19). The number of nitrogen functional groups attached to an aromatic ring is 1. The molecule has 0 aliphatic rings. The van der Waals surface area contributed by atoms with Crippen LogP contribution in [0.1, 0.15) is 10.4 Å². The van der Waals surface area contributed by atoms with Gasteiger partial charge in [-0.15, -0.1) is 0 Å². The SMILES string of the molecule is Nc1ccc(NC(=O)c2ccc(Cl)cc2O)cc1Br. The predicted octanol–water partition coefficient (Wildman–Crippen LogP) is 3.64. The molecular formula is C13H10BrClN2O2. The number of hydrogen-bond acceptors (Lipinski definition) is 3. The summed E-state index contributed by atoms with van der Waals surface area (Å²) < 4.78 is 0.686. The quantitative estimate of drug-likeness (QED) is 0.730. The molecule has 0 fully saturated rings. The zero-order valence-electron chi connectivity index (χ0n) is 9.65. The first-order valence-corrected chi connectivity index (χ1v) is 6.49. The minimum atomic E-state index is -0.425. The zero-order chi connectivity index (χ0) is 14.0. The summed E-state index contributed by atoms with van der Waals surface area (Å²) >= 11 is 8.98. The lowest BCUT2D eigenvalue weighted by molar-refractivity contribution is 0.102. The van der Waals surface area contributed by atoms with E-state index in [9.17, 15) is 9.90 Å². The molecule has 98 valence electrons. The largest absolute Gasteiger partial charge is 0.507 e. The summed E-state index contributed by atoms with van der Waals surface area (Å²) in [6.07, 6.45) is 0. The Kier molecular flexibility index (Phi) is 3.97. The number of phenolic OH excluding ortho intramolecular Hbond substituents is 1. The van der Waals surface area contributed by atoms with Gasteiger partial charge in [-0.3, -0.25) is 4.79 Å². The molecule has 0 atom stereocenters. The van der Waals surface area contributed by atoms with E-state index >= 15 is 0 Å². The first kappa shape index (κ1) is 13.7. The van der Waals surface area contributed by atoms with Gasteiger partial charge < -0.3 is 16.2 Å². The maximum Gasteiger partial charge on any atom is 0.259 e. The van der Waals surface area contributed by atoms with Gasteiger partial charge in [0.15, 0.2) is 0 Å². The van der Waals surface area contributed by atoms with Crippen LogP contribution < -0.4 is 11.1 Å². The average molecular weight is 342 g/mol. The summed E-state index contributed by atoms with van der Waals surface area (Å²) in [5.74, 6) is -0.592. The maximum atomic E-state index is 12.0. The fourth-order valence-corrected chi connectivity index (χ4v) is 2.05. The van der Waals surface area contributed by atoms with Gasteiger partial charge in [-0.05, 0) is 52.3 Å². The van der Waals surface area contributed by atoms with Crippen LogP contribution in [0.25, 0.3) is 0 Å². The van der Waals surface area contributed by atoms with Crippen molar-refractivity contribution < 1.29 is 9.90 Å². The number of rotatable bonds is 2. The summed E-state index contributed by atoms with van der Waals surface area (Å²) in [4.78, 5) is 12.0. The molecule has 0 aliphatic heterocycles. The molecule has 0 unspecified atom stereocenters. The van der Waals surface area contributed by atoms with E-state index in [4.69, 9.17) is 17.3 Å². The van der Waals surface area contributed by atoms with Crippen molar-refractivity contribution in [2.45, 2.75) is 0 Å². The first-order valence-electron chi connectivity index (χ1n) is 5.32. The van der Waals surface area contributed by atoms with Gasteiger partial charge in [0.25, 0.3) is 5.91 Å². The number of nitrogens with two attached hydrogens (primary N) is 1. The Labute approximate surface area is 123 Å². The van der Waals surface area contributed by atoms with E-state index in [-0.39, 0.29) is 11.3 Å². The number of carbonyl (C=O) groups excluding carboxylic acids is 1. The summed E-state index contributed by atoms with van der Waals surface area (Å²) in [6, 6.07) is 9.33. The van der Waals surface area contributed by atoms with Gasteiger partial charge in [0, 0.05) is 20.9 Å². The fraction of sp³-hybridized carbons (Fsp3) is 0. The Hall–Kier alpha value is -1.72. The summed E-state index contributed by atoms with van der Waals surface area (Å²) in [5, 5.41) is 12.7. The van der Waals surface area contributed by atoms with Gasteiger partial charge in [-0.1, -0.05) is 11.6 Å². The molecule has 2 rings (SSSR count). The van der Waals surface area contributed by atoms with Gasteiger partial charge in [0.2, 0.25) is 0 Å². The Morgan fingerprint density at radius 2 is 2.00 bits per heavy atom. The van der Waals surface area contributed by atoms with Crippen LogP contribution in [0, 0.1) is 0 Å². The Balaban J connectivity index is 2.23. The van der Waals surface area contributed by atoms with Crippen molar-refractivity contribution in [1.82, 2.24) is 0 Å². The van der Waals surface area contributed by atoms with E-state index in [1.807, 2.05) is 0 Å². The number of amides is 1. The van der Waals surface area contributed by atoms with Crippen molar-refractivity contribution in [3.05, 3.63) is 51.5 Å². The predicted molar refractivity (Wildman–Crippen MR) is 79.6 cm³/mol. The summed E-state index contributed by atoms with van der Waals surface area (Å²) in [5.41, 5.74) is 6.95. The lowest BCUT2D eigenvalue weighted by atomic mass is 10.2. The molecule has 0 aliphatic carbocycles. The Morgan fingerprint density at radius 3 is 2.63 bits per heavy atom. The van der Waals surface area contributed by atoms with E-state index in [1.165, 1.54) is 18.2 Å². The molecule has 0 heterocycles. The third-order valence-electron chi connectivity index (χ3n) is 2.46. The number of benzene rings is 2. The number of hydrogen-bond donors (Lipinski definition) is 3. The van der Waals surface area contributed by atoms with Gasteiger partial charge in [0.1, 0.15) is 5.75 Å². The molecular weight excluding hydrogens is 332 g/mol. The average Bonchev–Trinajstić information content (AvgIpc) is 2.33. The van der Waals surface area contributed by atoms with Crippen LogP contribution in [-0.4, -0.2) is 11.0 Å². The molecule has 0 aromatic heterocycles. The second-order valence-corrected chi connectivity index (χ2v) is 5.14. The first-order chi connectivity index (χ1) is 8.97. The van der Waals surface area contributed by atoms with Crippen LogP contribution in [0.5, 0.6) is 5.75 Å². The van der Waals surface area contributed by atoms with Gasteiger partial charge in [0.05, 0.1) is 5.56 Å². The van der Waals surface area contributed by atoms with Crippen molar-refractivity contribution in [2.75, 3.05) is 11.1 Å². The van der Waals surface area contributed by atoms with E-state index in [0.717, 1.165) is 0 Å². The van der Waals surface area contributed by atoms with Crippen LogP contribution in [0.3, 0.4) is 0 Å². The highest BCUT2D eigenvalue weighted by Crippen LogP contribution is 2.25. The second-order valence-electron chi connectivity index (χ2n) is 3.85. The molecule has 0 saturated carbocycles. The number of carbonyl (C=O) groups is 1. The number of nitrogens with one attached hydrogen (secondary N) is 1. The molecule has 0 spiro atoms. The zero-order valence-corrected chi connectivity index (χ0v) is 12.0. The minimum absolute atomic E-state index is 0.150. The lowest BCUT2D eigenvalue weighted by Crippen LogP contribution is -2.12. The van der Waals surface area contributed by atoms with Gasteiger partial charge >= 0.3 is 0 Å². The third kappa shape index (κ3) is 3.19. The topological polar surface area (TPSA) is 75.3 Å². The second kappa shape index (κ2) is 5.50. The van der Waals surface area contributed by atoms with Crippen LogP contribution >= 0.6 is 27.5 Å². The van der Waals surface area contributed by atoms with Crippen molar-refractivity contribution >= 4 is 44.8 Å². The highest BCUT2D eigenvalue weighted by atomic mass is 79.9. The van der Waals surface area contributed by atoms with Gasteiger partial charge in [-0.2, -0.15) is 0 Å². The smallest absolute Gasteiger partial charge is 0.259 e. The maximum absolute atomic E-state index is 12.0. The molecule has 19 heavy (non-hydrogen) atoms. The molecule has 0 bridgehead atoms. The molecule has 4 N–H and O–H groups in total. The molecule has 0 radical (unpaired) electrons. The van der Waals surface area contributed by atoms with Gasteiger partial charge in [-0.25, -0.2) is 0 Å². The summed E-state index contributed by atoms with van der Waals surface area (Å²) in [6.45, 7) is 0. The molecule has 2 aromatic rings. The van der Waals surface area contributed by atoms with Crippen LogP contribution in [0.2, 0.25) is 5.02 Å². The van der Waals surface area contributed by atoms with E-state index in [2.05, 4.69) is 21.2 Å². The van der Waals surface area contributed by atoms with Crippen molar-refractivity contribution in [1.29, 1.82) is 0 Å². The molecule has 6 heteroatoms. The van der Waals surface area contributed by atoms with Crippen LogP contribution in [0.15, 0.2) is 40.9 Å². The van der Waals surface area contributed by atoms with E-state index in [1.54, 1.807) is 18.2 Å². The van der Waals surface area contributed by atoms with Crippen LogP contribution in [0.4, 0.5) is 11.4 Å². The van der Waals surface area contributed by atoms with Crippen molar-refractivity contribution in [3.8, 4) is 5.75 Å². The number of halogens is 2. The number of anilines is 2. The fourth-order valence-electron chi connectivity index (χ4n) is 1.50. The summed E-state index contributed by atoms with van der Waals surface area (Å²) in [7, 11) is 0. The van der Waals surface area contributed by atoms with Crippen LogP contribution in [-0.2, 0) is 0 Å². The number of phenols is 1. The molecule has 4 nitrogen and oxygen atoms in total. The molecule has 1 amide bonds. The Morgan fingerprint density at radius 1 is 1.26 bits per heavy atom. The lowest BCUT2D eigenvalue weighted by Gasteiger charge is -2.08. The highest BCUT2D eigenvalue weighted by molar-refractivity contribution is 9.10. The van der Waals surface area contributed by atoms with Crippen molar-refractivity contribution in [3.63, 3.8) is 0 Å². The highest BCUT2D eigenvalue weighted by Gasteiger charge is 2.12. The van der Waals surface area contributed by atoms with E-state index in [0.29, 0.717) is 20.9 Å². The van der Waals surface area contributed by atoms with E-state index < -0.39 is 5.91 Å². The Bertz CT molecular complexity index is 647. The third-order valence-corrected chi connectivity index (χ3v) is 3.38. The normalized spacial score (nSPS) is 10.2. The van der Waals surface area contributed by atoms with Crippen molar-refractivity contribution in [2.24, 2.45) is 0 Å².